The van der Waals surface area contributed by atoms with Gasteiger partial charge in [-0.1, -0.05) is 6.07 Å². The van der Waals surface area contributed by atoms with Crippen LogP contribution in [-0.2, 0) is 4.79 Å². The quantitative estimate of drug-likeness (QED) is 0.814. The third kappa shape index (κ3) is 4.14. The van der Waals surface area contributed by atoms with Gasteiger partial charge in [-0.05, 0) is 75.2 Å². The van der Waals surface area contributed by atoms with Crippen LogP contribution in [0.1, 0.15) is 50.5 Å². The third-order valence-electron chi connectivity index (χ3n) is 5.95. The summed E-state index contributed by atoms with van der Waals surface area (Å²) in [6.07, 6.45) is 5.57. The summed E-state index contributed by atoms with van der Waals surface area (Å²) in [6.45, 7) is 6.50. The molecule has 4 rings (SSSR count). The maximum Gasteiger partial charge on any atom is 0.220 e. The summed E-state index contributed by atoms with van der Waals surface area (Å²) in [4.78, 5) is 15.1. The third-order valence-corrected chi connectivity index (χ3v) is 5.95. The van der Waals surface area contributed by atoms with Gasteiger partial charge in [0.1, 0.15) is 13.2 Å². The van der Waals surface area contributed by atoms with Crippen molar-refractivity contribution in [3.8, 4) is 11.5 Å². The average Bonchev–Trinajstić information content (AvgIpc) is 3.36. The first kappa shape index (κ1) is 17.7. The minimum absolute atomic E-state index is 0.169. The highest BCUT2D eigenvalue weighted by atomic mass is 16.6. The van der Waals surface area contributed by atoms with E-state index < -0.39 is 0 Å². The number of amides is 1. The SMILES string of the molecule is CC(CNC(=O)CC(c1ccc2c(c1)OCCO2)C1CC1)N1CCCC1. The normalized spacial score (nSPS) is 22.0. The van der Waals surface area contributed by atoms with Crippen LogP contribution in [0.25, 0.3) is 0 Å². The smallest absolute Gasteiger partial charge is 0.220 e. The van der Waals surface area contributed by atoms with Gasteiger partial charge in [0.25, 0.3) is 0 Å². The van der Waals surface area contributed by atoms with E-state index in [9.17, 15) is 4.79 Å². The number of ether oxygens (including phenoxy) is 2. The van der Waals surface area contributed by atoms with Gasteiger partial charge in [0.15, 0.2) is 11.5 Å². The summed E-state index contributed by atoms with van der Waals surface area (Å²) >= 11 is 0. The van der Waals surface area contributed by atoms with Gasteiger partial charge in [0.2, 0.25) is 5.91 Å². The largest absolute Gasteiger partial charge is 0.486 e. The molecule has 0 radical (unpaired) electrons. The van der Waals surface area contributed by atoms with Crippen molar-refractivity contribution in [3.63, 3.8) is 0 Å². The summed E-state index contributed by atoms with van der Waals surface area (Å²) < 4.78 is 11.3. The number of hydrogen-bond donors (Lipinski definition) is 1. The van der Waals surface area contributed by atoms with Crippen molar-refractivity contribution in [2.45, 2.75) is 51.0 Å². The molecule has 1 aromatic rings. The zero-order chi connectivity index (χ0) is 17.9. The van der Waals surface area contributed by atoms with Crippen LogP contribution in [0.3, 0.4) is 0 Å². The molecule has 2 heterocycles. The Kier molecular flexibility index (Phi) is 5.34. The van der Waals surface area contributed by atoms with Gasteiger partial charge in [-0.2, -0.15) is 0 Å². The molecule has 2 atom stereocenters. The Hall–Kier alpha value is -1.75. The maximum absolute atomic E-state index is 12.6. The Labute approximate surface area is 156 Å². The zero-order valence-electron chi connectivity index (χ0n) is 15.7. The Morgan fingerprint density at radius 1 is 1.19 bits per heavy atom. The minimum Gasteiger partial charge on any atom is -0.486 e. The molecule has 0 bridgehead atoms. The molecular weight excluding hydrogens is 328 g/mol. The van der Waals surface area contributed by atoms with E-state index in [0.717, 1.165) is 18.0 Å². The lowest BCUT2D eigenvalue weighted by molar-refractivity contribution is -0.121. The Morgan fingerprint density at radius 3 is 2.65 bits per heavy atom. The molecule has 3 aliphatic rings. The molecule has 1 aromatic carbocycles. The Balaban J connectivity index is 1.35. The van der Waals surface area contributed by atoms with Crippen LogP contribution < -0.4 is 14.8 Å². The van der Waals surface area contributed by atoms with Crippen LogP contribution in [0, 0.1) is 5.92 Å². The van der Waals surface area contributed by atoms with Crippen LogP contribution in [-0.4, -0.2) is 49.7 Å². The first-order valence-corrected chi connectivity index (χ1v) is 10.1. The molecule has 1 aliphatic carbocycles. The Morgan fingerprint density at radius 2 is 1.92 bits per heavy atom. The number of carbonyl (C=O) groups excluding carboxylic acids is 1. The molecule has 1 saturated carbocycles. The van der Waals surface area contributed by atoms with Crippen LogP contribution in [0.5, 0.6) is 11.5 Å². The van der Waals surface area contributed by atoms with Crippen LogP contribution in [0.2, 0.25) is 0 Å². The van der Waals surface area contributed by atoms with Crippen molar-refractivity contribution in [3.05, 3.63) is 23.8 Å². The van der Waals surface area contributed by atoms with Gasteiger partial charge in [0.05, 0.1) is 0 Å². The Bertz CT molecular complexity index is 638. The van der Waals surface area contributed by atoms with E-state index in [4.69, 9.17) is 9.47 Å². The zero-order valence-corrected chi connectivity index (χ0v) is 15.7. The molecule has 1 N–H and O–H groups in total. The van der Waals surface area contributed by atoms with E-state index in [1.807, 2.05) is 6.07 Å². The fourth-order valence-electron chi connectivity index (χ4n) is 4.19. The van der Waals surface area contributed by atoms with E-state index >= 15 is 0 Å². The first-order chi connectivity index (χ1) is 12.7. The van der Waals surface area contributed by atoms with Crippen molar-refractivity contribution in [1.29, 1.82) is 0 Å². The van der Waals surface area contributed by atoms with Crippen LogP contribution in [0.4, 0.5) is 0 Å². The molecule has 5 heteroatoms. The molecule has 142 valence electrons. The van der Waals surface area contributed by atoms with Gasteiger partial charge in [0, 0.05) is 19.0 Å². The minimum atomic E-state index is 0.169. The lowest BCUT2D eigenvalue weighted by atomic mass is 9.90. The summed E-state index contributed by atoms with van der Waals surface area (Å²) in [5.41, 5.74) is 1.21. The number of likely N-dealkylation sites (tertiary alicyclic amines) is 1. The second kappa shape index (κ2) is 7.87. The molecule has 1 amide bonds. The number of fused-ring (bicyclic) bond motifs is 1. The molecule has 26 heavy (non-hydrogen) atoms. The monoisotopic (exact) mass is 358 g/mol. The molecule has 2 aliphatic heterocycles. The lowest BCUT2D eigenvalue weighted by Crippen LogP contribution is -2.41. The number of rotatable bonds is 7. The second-order valence-corrected chi connectivity index (χ2v) is 7.95. The molecule has 0 spiro atoms. The number of nitrogens with zero attached hydrogens (tertiary/aromatic N) is 1. The lowest BCUT2D eigenvalue weighted by Gasteiger charge is -2.25. The second-order valence-electron chi connectivity index (χ2n) is 7.95. The van der Waals surface area contributed by atoms with Gasteiger partial charge >= 0.3 is 0 Å². The van der Waals surface area contributed by atoms with Crippen LogP contribution in [0.15, 0.2) is 18.2 Å². The van der Waals surface area contributed by atoms with Gasteiger partial charge in [-0.3, -0.25) is 9.69 Å². The number of nitrogens with one attached hydrogen (secondary N) is 1. The van der Waals surface area contributed by atoms with Crippen molar-refractivity contribution in [1.82, 2.24) is 10.2 Å². The van der Waals surface area contributed by atoms with E-state index in [-0.39, 0.29) is 11.8 Å². The van der Waals surface area contributed by atoms with Crippen molar-refractivity contribution in [2.24, 2.45) is 5.92 Å². The van der Waals surface area contributed by atoms with Crippen molar-refractivity contribution in [2.75, 3.05) is 32.8 Å². The molecule has 2 fully saturated rings. The van der Waals surface area contributed by atoms with E-state index in [1.54, 1.807) is 0 Å². The van der Waals surface area contributed by atoms with Gasteiger partial charge in [-0.25, -0.2) is 0 Å². The molecule has 2 unspecified atom stereocenters. The predicted molar refractivity (Wildman–Crippen MR) is 101 cm³/mol. The number of hydrogen-bond acceptors (Lipinski definition) is 4. The summed E-state index contributed by atoms with van der Waals surface area (Å²) in [6, 6.07) is 6.61. The maximum atomic E-state index is 12.6. The highest BCUT2D eigenvalue weighted by molar-refractivity contribution is 5.77. The molecule has 0 aromatic heterocycles. The number of benzene rings is 1. The summed E-state index contributed by atoms with van der Waals surface area (Å²) in [7, 11) is 0. The highest BCUT2D eigenvalue weighted by Gasteiger charge is 2.34. The highest BCUT2D eigenvalue weighted by Crippen LogP contribution is 2.46. The van der Waals surface area contributed by atoms with E-state index in [0.29, 0.717) is 31.6 Å². The summed E-state index contributed by atoms with van der Waals surface area (Å²) in [5, 5.41) is 3.17. The molecule has 5 nitrogen and oxygen atoms in total. The number of carbonyl (C=O) groups is 1. The van der Waals surface area contributed by atoms with Crippen molar-refractivity contribution < 1.29 is 14.3 Å². The molecular formula is C21H30N2O3. The summed E-state index contributed by atoms with van der Waals surface area (Å²) in [5.74, 6) is 2.72. The molecule has 1 saturated heterocycles. The standard InChI is InChI=1S/C21H30N2O3/c1-15(23-8-2-3-9-23)14-22-21(24)13-18(16-4-5-16)17-6-7-19-20(12-17)26-11-10-25-19/h6-7,12,15-16,18H,2-5,8-11,13-14H2,1H3,(H,22,24). The average molecular weight is 358 g/mol. The van der Waals surface area contributed by atoms with E-state index in [2.05, 4.69) is 29.3 Å². The van der Waals surface area contributed by atoms with Gasteiger partial charge in [-0.15, -0.1) is 0 Å². The van der Waals surface area contributed by atoms with Crippen LogP contribution >= 0.6 is 0 Å². The van der Waals surface area contributed by atoms with E-state index in [1.165, 1.54) is 44.3 Å². The fraction of sp³-hybridized carbons (Fsp3) is 0.667. The van der Waals surface area contributed by atoms with Gasteiger partial charge < -0.3 is 14.8 Å². The van der Waals surface area contributed by atoms with Crippen molar-refractivity contribution >= 4 is 5.91 Å². The fourth-order valence-corrected chi connectivity index (χ4v) is 4.19. The first-order valence-electron chi connectivity index (χ1n) is 10.1. The topological polar surface area (TPSA) is 50.8 Å². The predicted octanol–water partition coefficient (Wildman–Crippen LogP) is 2.94.